The zero-order valence-electron chi connectivity index (χ0n) is 30.3. The maximum absolute atomic E-state index is 15.4. The van der Waals surface area contributed by atoms with Gasteiger partial charge in [0.25, 0.3) is 11.8 Å². The molecule has 6 atom stereocenters. The molecule has 18 heteroatoms. The van der Waals surface area contributed by atoms with Crippen molar-refractivity contribution < 1.29 is 55.0 Å². The average molecular weight is 804 g/mol. The summed E-state index contributed by atoms with van der Waals surface area (Å²) in [5.41, 5.74) is -1.24. The van der Waals surface area contributed by atoms with E-state index in [0.717, 1.165) is 4.90 Å². The van der Waals surface area contributed by atoms with Gasteiger partial charge >= 0.3 is 6.18 Å². The zero-order valence-corrected chi connectivity index (χ0v) is 31.1. The predicted octanol–water partition coefficient (Wildman–Crippen LogP) is 3.68. The van der Waals surface area contributed by atoms with Crippen LogP contribution < -0.4 is 20.1 Å². The van der Waals surface area contributed by atoms with Crippen molar-refractivity contribution in [3.63, 3.8) is 0 Å². The number of rotatable bonds is 7. The summed E-state index contributed by atoms with van der Waals surface area (Å²) in [5.74, 6) is -6.03. The van der Waals surface area contributed by atoms with Gasteiger partial charge in [-0.2, -0.15) is 13.2 Å². The van der Waals surface area contributed by atoms with Crippen LogP contribution in [-0.2, 0) is 29.2 Å². The highest BCUT2D eigenvalue weighted by Gasteiger charge is 2.63. The number of hydrogen-bond donors (Lipinski definition) is 4. The van der Waals surface area contributed by atoms with Crippen LogP contribution in [0.4, 0.5) is 17.6 Å². The molecule has 1 saturated heterocycles. The molecule has 0 spiro atoms. The van der Waals surface area contributed by atoms with Gasteiger partial charge in [-0.05, 0) is 63.0 Å². The molecule has 3 fully saturated rings. The molecule has 4 aliphatic rings. The summed E-state index contributed by atoms with van der Waals surface area (Å²) >= 11 is 0. The van der Waals surface area contributed by atoms with E-state index in [4.69, 9.17) is 4.74 Å². The summed E-state index contributed by atoms with van der Waals surface area (Å²) < 4.78 is 88.9. The van der Waals surface area contributed by atoms with E-state index in [1.54, 1.807) is 42.5 Å². The van der Waals surface area contributed by atoms with E-state index < -0.39 is 86.1 Å². The summed E-state index contributed by atoms with van der Waals surface area (Å²) in [5, 5.41) is 15.5. The normalized spacial score (nSPS) is 27.9. The van der Waals surface area contributed by atoms with Crippen molar-refractivity contribution in [1.82, 2.24) is 25.2 Å². The second-order valence-electron chi connectivity index (χ2n) is 15.3. The molecule has 1 aromatic heterocycles. The minimum atomic E-state index is -5.32. The minimum absolute atomic E-state index is 0.0338. The van der Waals surface area contributed by atoms with E-state index in [-0.39, 0.29) is 43.5 Å². The number of nitrogens with zero attached hydrogens (tertiary/aromatic N) is 2. The summed E-state index contributed by atoms with van der Waals surface area (Å²) in [6, 6.07) is 8.31. The molecule has 2 aromatic carbocycles. The topological polar surface area (TPSA) is 184 Å². The number of alkyl halides is 3. The van der Waals surface area contributed by atoms with E-state index in [1.165, 1.54) is 19.1 Å². The first-order chi connectivity index (χ1) is 26.4. The fraction of sp³-hybridized carbons (Fsp3) is 0.500. The van der Waals surface area contributed by atoms with E-state index in [0.29, 0.717) is 48.4 Å². The molecule has 2 aliphatic carbocycles. The number of carbonyl (C=O) groups excluding carboxylic acids is 4. The Kier molecular flexibility index (Phi) is 10.3. The Bertz CT molecular complexity index is 2230. The molecule has 2 aliphatic heterocycles. The molecule has 4 N–H and O–H groups in total. The van der Waals surface area contributed by atoms with Crippen LogP contribution in [0.15, 0.2) is 54.6 Å². The van der Waals surface area contributed by atoms with Crippen molar-refractivity contribution >= 4 is 55.3 Å². The maximum atomic E-state index is 15.4. The van der Waals surface area contributed by atoms with Crippen LogP contribution >= 0.6 is 0 Å². The largest absolute Gasteiger partial charge is 0.472 e. The summed E-state index contributed by atoms with van der Waals surface area (Å²) in [4.78, 5) is 60.6. The van der Waals surface area contributed by atoms with Crippen LogP contribution in [0.25, 0.3) is 21.7 Å². The lowest BCUT2D eigenvalue weighted by molar-refractivity contribution is -0.205. The van der Waals surface area contributed by atoms with E-state index >= 15 is 4.39 Å². The number of ether oxygens (including phenoxy) is 1. The number of benzene rings is 2. The number of amides is 4. The van der Waals surface area contributed by atoms with Crippen molar-refractivity contribution in [2.24, 2.45) is 5.92 Å². The number of halogens is 4. The lowest BCUT2D eigenvalue weighted by Gasteiger charge is -2.30. The molecular weight excluding hydrogens is 763 g/mol. The van der Waals surface area contributed by atoms with Crippen LogP contribution in [0, 0.1) is 11.7 Å². The summed E-state index contributed by atoms with van der Waals surface area (Å²) in [6.45, 7) is 1.13. The van der Waals surface area contributed by atoms with Crippen LogP contribution in [-0.4, -0.2) is 94.3 Å². The second-order valence-corrected chi connectivity index (χ2v) is 17.5. The van der Waals surface area contributed by atoms with Gasteiger partial charge in [-0.3, -0.25) is 23.9 Å². The van der Waals surface area contributed by atoms with E-state index in [9.17, 15) is 45.9 Å². The molecule has 300 valence electrons. The van der Waals surface area contributed by atoms with Crippen molar-refractivity contribution in [1.29, 1.82) is 0 Å². The first-order valence-corrected chi connectivity index (χ1v) is 20.0. The van der Waals surface area contributed by atoms with Crippen LogP contribution in [0.1, 0.15) is 64.7 Å². The van der Waals surface area contributed by atoms with Crippen molar-refractivity contribution in [2.45, 2.75) is 105 Å². The number of fused-ring (bicyclic) bond motifs is 5. The smallest absolute Gasteiger partial charge is 0.423 e. The second kappa shape index (κ2) is 14.6. The van der Waals surface area contributed by atoms with Crippen LogP contribution in [0.2, 0.25) is 0 Å². The number of hydrogen-bond acceptors (Lipinski definition) is 9. The first-order valence-electron chi connectivity index (χ1n) is 18.5. The standard InChI is InChI=1S/C38H41F4N5O8S/c1-36(16-17-36)56(53,54)46-35(52)37-19-21(37)10-5-3-2-4-6-15-27(43-32(50)30(48)38(40,41)42)34(51)47-20-22(18-28(47)31(49)45-37)55-33-29-24(12-9-13-25(29)39)23-11-7-8-14-26(23)44-33/h5,7-14,21-22,27-28,30,48H,2-4,6,15-20H2,1H3,(H,43,50)(H,45,49)(H,46,52)/b10-5-/t21-,22-,27+,28+,30+,37-/m1/s1. The van der Waals surface area contributed by atoms with E-state index in [1.807, 2.05) is 5.32 Å². The SMILES string of the molecule is CC1(S(=O)(=O)NC(=O)[C@@]23C[C@H]2/C=C\CCCCC[C@H](NC(=O)[C@H](O)C(F)(F)F)C(=O)N2C[C@H](Oc4nc5ccccc5c5cccc(F)c45)C[C@H]2C(=O)N3)CC1. The Balaban J connectivity index is 1.24. The number of para-hydroxylation sites is 1. The maximum Gasteiger partial charge on any atom is 0.423 e. The molecule has 3 aromatic rings. The van der Waals surface area contributed by atoms with Crippen molar-refractivity contribution in [3.05, 3.63) is 60.4 Å². The molecule has 4 amide bonds. The highest BCUT2D eigenvalue weighted by atomic mass is 32.2. The molecule has 0 radical (unpaired) electrons. The fourth-order valence-electron chi connectivity index (χ4n) is 7.52. The molecule has 3 heterocycles. The average Bonchev–Trinajstić information content (AvgIpc) is 4.03. The predicted molar refractivity (Wildman–Crippen MR) is 194 cm³/mol. The third kappa shape index (κ3) is 7.52. The minimum Gasteiger partial charge on any atom is -0.472 e. The summed E-state index contributed by atoms with van der Waals surface area (Å²) in [6.07, 6.45) is -4.12. The Morgan fingerprint density at radius 3 is 2.54 bits per heavy atom. The van der Waals surface area contributed by atoms with Gasteiger partial charge < -0.3 is 25.4 Å². The number of allylic oxidation sites excluding steroid dienone is 1. The monoisotopic (exact) mass is 803 g/mol. The van der Waals surface area contributed by atoms with Gasteiger partial charge in [0.05, 0.1) is 22.2 Å². The lowest BCUT2D eigenvalue weighted by Crippen LogP contribution is -2.59. The molecule has 56 heavy (non-hydrogen) atoms. The number of nitrogens with one attached hydrogen (secondary N) is 3. The van der Waals surface area contributed by atoms with Crippen LogP contribution in [0.3, 0.4) is 0 Å². The highest BCUT2D eigenvalue weighted by molar-refractivity contribution is 7.91. The number of carbonyl (C=O) groups is 4. The van der Waals surface area contributed by atoms with E-state index in [2.05, 4.69) is 15.0 Å². The number of aliphatic hydroxyl groups excluding tert-OH is 1. The number of aromatic nitrogens is 1. The third-order valence-electron chi connectivity index (χ3n) is 11.3. The molecule has 13 nitrogen and oxygen atoms in total. The molecule has 2 saturated carbocycles. The quantitative estimate of drug-likeness (QED) is 0.157. The number of pyridine rings is 1. The Hall–Kier alpha value is -4.84. The van der Waals surface area contributed by atoms with Crippen molar-refractivity contribution in [3.8, 4) is 5.88 Å². The van der Waals surface area contributed by atoms with Gasteiger partial charge in [0, 0.05) is 17.7 Å². The van der Waals surface area contributed by atoms with Gasteiger partial charge in [0.2, 0.25) is 33.8 Å². The highest BCUT2D eigenvalue weighted by Crippen LogP contribution is 2.47. The molecular formula is C38H41F4N5O8S. The first kappa shape index (κ1) is 39.4. The number of aliphatic hydroxyl groups is 1. The van der Waals surface area contributed by atoms with Crippen molar-refractivity contribution in [2.75, 3.05) is 6.54 Å². The third-order valence-corrected chi connectivity index (χ3v) is 13.4. The summed E-state index contributed by atoms with van der Waals surface area (Å²) in [7, 11) is -4.11. The number of sulfonamides is 1. The molecule has 0 unspecified atom stereocenters. The van der Waals surface area contributed by atoms with Gasteiger partial charge in [0.1, 0.15) is 29.5 Å². The molecule has 0 bridgehead atoms. The van der Waals surface area contributed by atoms with Gasteiger partial charge in [0.15, 0.2) is 0 Å². The molecule has 7 rings (SSSR count). The Labute approximate surface area is 319 Å². The van der Waals surface area contributed by atoms with Gasteiger partial charge in [-0.25, -0.2) is 17.8 Å². The van der Waals surface area contributed by atoms with Crippen LogP contribution in [0.5, 0.6) is 5.88 Å². The van der Waals surface area contributed by atoms with Gasteiger partial charge in [-0.15, -0.1) is 0 Å². The zero-order chi connectivity index (χ0) is 40.2. The Morgan fingerprint density at radius 2 is 1.80 bits per heavy atom. The van der Waals surface area contributed by atoms with Gasteiger partial charge in [-0.1, -0.05) is 55.3 Å². The lowest BCUT2D eigenvalue weighted by atomic mass is 10.0. The Morgan fingerprint density at radius 1 is 1.07 bits per heavy atom. The fourth-order valence-corrected chi connectivity index (χ4v) is 8.83.